The second-order valence-electron chi connectivity index (χ2n) is 6.26. The maximum atomic E-state index is 10.4. The van der Waals surface area contributed by atoms with Crippen LogP contribution in [0.5, 0.6) is 5.75 Å². The Morgan fingerprint density at radius 2 is 2.04 bits per heavy atom. The van der Waals surface area contributed by atoms with Crippen LogP contribution in [0.2, 0.25) is 5.02 Å². The van der Waals surface area contributed by atoms with Crippen molar-refractivity contribution in [3.63, 3.8) is 0 Å². The monoisotopic (exact) mass is 481 g/mol. The van der Waals surface area contributed by atoms with Gasteiger partial charge in [0.1, 0.15) is 5.75 Å². The molecule has 2 rings (SSSR count). The second kappa shape index (κ2) is 11.1. The number of ether oxygens (including phenoxy) is 1. The summed E-state index contributed by atoms with van der Waals surface area (Å²) < 4.78 is 5.16. The fourth-order valence-corrected chi connectivity index (χ4v) is 3.20. The minimum atomic E-state index is -0.623. The lowest BCUT2D eigenvalue weighted by molar-refractivity contribution is 0.0574. The van der Waals surface area contributed by atoms with E-state index in [1.807, 2.05) is 25.1 Å². The Morgan fingerprint density at radius 1 is 1.32 bits per heavy atom. The summed E-state index contributed by atoms with van der Waals surface area (Å²) in [4.78, 5) is 4.54. The highest BCUT2D eigenvalue weighted by Gasteiger charge is 2.30. The van der Waals surface area contributed by atoms with Crippen molar-refractivity contribution in [1.82, 2.24) is 10.6 Å². The normalized spacial score (nSPS) is 16.2. The maximum Gasteiger partial charge on any atom is 0.191 e. The largest absolute Gasteiger partial charge is 0.497 e. The number of methoxy groups -OCH3 is 1. The molecule has 142 valence electrons. The van der Waals surface area contributed by atoms with Crippen molar-refractivity contribution in [3.05, 3.63) is 28.8 Å². The number of hydrogen-bond donors (Lipinski definition) is 3. The fourth-order valence-electron chi connectivity index (χ4n) is 2.93. The summed E-state index contributed by atoms with van der Waals surface area (Å²) in [6, 6.07) is 5.72. The standard InChI is InChI=1S/C18H28ClN3O2.HI/c1-3-20-17(22-13-18(23)9-4-5-10-18)21-11-8-14-6-7-15(24-2)12-16(14)19;/h6-7,12,23H,3-5,8-11,13H2,1-2H3,(H2,20,21,22);1H. The summed E-state index contributed by atoms with van der Waals surface area (Å²) >= 11 is 6.26. The predicted molar refractivity (Wildman–Crippen MR) is 115 cm³/mol. The molecule has 0 atom stereocenters. The molecule has 3 N–H and O–H groups in total. The molecule has 1 aliphatic carbocycles. The molecule has 0 heterocycles. The molecule has 0 spiro atoms. The van der Waals surface area contributed by atoms with Gasteiger partial charge in [0, 0.05) is 18.1 Å². The van der Waals surface area contributed by atoms with Gasteiger partial charge in [-0.15, -0.1) is 24.0 Å². The maximum absolute atomic E-state index is 10.4. The van der Waals surface area contributed by atoms with Gasteiger partial charge in [0.2, 0.25) is 0 Å². The van der Waals surface area contributed by atoms with E-state index < -0.39 is 5.60 Å². The Bertz CT molecular complexity index is 563. The van der Waals surface area contributed by atoms with Crippen LogP contribution in [0, 0.1) is 0 Å². The van der Waals surface area contributed by atoms with Gasteiger partial charge in [-0.2, -0.15) is 0 Å². The van der Waals surface area contributed by atoms with Crippen LogP contribution in [0.3, 0.4) is 0 Å². The molecule has 0 saturated heterocycles. The van der Waals surface area contributed by atoms with E-state index in [9.17, 15) is 5.11 Å². The molecule has 0 unspecified atom stereocenters. The van der Waals surface area contributed by atoms with Gasteiger partial charge in [-0.25, -0.2) is 0 Å². The van der Waals surface area contributed by atoms with E-state index in [0.29, 0.717) is 11.6 Å². The van der Waals surface area contributed by atoms with Gasteiger partial charge < -0.3 is 20.5 Å². The number of nitrogens with one attached hydrogen (secondary N) is 2. The fraction of sp³-hybridized carbons (Fsp3) is 0.611. The number of nitrogens with zero attached hydrogens (tertiary/aromatic N) is 1. The van der Waals surface area contributed by atoms with Crippen molar-refractivity contribution in [3.8, 4) is 5.75 Å². The van der Waals surface area contributed by atoms with Crippen LogP contribution in [0.15, 0.2) is 23.2 Å². The second-order valence-corrected chi connectivity index (χ2v) is 6.67. The summed E-state index contributed by atoms with van der Waals surface area (Å²) in [7, 11) is 1.63. The number of halogens is 2. The first-order valence-corrected chi connectivity index (χ1v) is 9.01. The first kappa shape index (κ1) is 22.3. The van der Waals surface area contributed by atoms with Gasteiger partial charge in [0.25, 0.3) is 0 Å². The first-order valence-electron chi connectivity index (χ1n) is 8.63. The van der Waals surface area contributed by atoms with Crippen molar-refractivity contribution in [2.75, 3.05) is 26.7 Å². The molecule has 1 fully saturated rings. The van der Waals surface area contributed by atoms with Crippen LogP contribution in [-0.2, 0) is 6.42 Å². The smallest absolute Gasteiger partial charge is 0.191 e. The molecule has 1 aromatic rings. The Kier molecular flexibility index (Phi) is 9.89. The highest BCUT2D eigenvalue weighted by Crippen LogP contribution is 2.29. The first-order chi connectivity index (χ1) is 11.6. The minimum absolute atomic E-state index is 0. The quantitative estimate of drug-likeness (QED) is 0.317. The average Bonchev–Trinajstić information content (AvgIpc) is 3.01. The number of rotatable bonds is 7. The third-order valence-electron chi connectivity index (χ3n) is 4.36. The van der Waals surface area contributed by atoms with Gasteiger partial charge in [0.05, 0.1) is 19.3 Å². The van der Waals surface area contributed by atoms with Gasteiger partial charge in [0.15, 0.2) is 5.96 Å². The van der Waals surface area contributed by atoms with Crippen LogP contribution in [0.25, 0.3) is 0 Å². The zero-order valence-corrected chi connectivity index (χ0v) is 18.1. The van der Waals surface area contributed by atoms with E-state index in [1.54, 1.807) is 7.11 Å². The lowest BCUT2D eigenvalue weighted by Gasteiger charge is -2.20. The lowest BCUT2D eigenvalue weighted by atomic mass is 10.0. The van der Waals surface area contributed by atoms with Crippen molar-refractivity contribution in [2.45, 2.75) is 44.6 Å². The Labute approximate surface area is 172 Å². The molecule has 0 aliphatic heterocycles. The van der Waals surface area contributed by atoms with Crippen molar-refractivity contribution in [1.29, 1.82) is 0 Å². The van der Waals surface area contributed by atoms with Crippen molar-refractivity contribution < 1.29 is 9.84 Å². The zero-order valence-electron chi connectivity index (χ0n) is 15.0. The molecule has 1 aliphatic rings. The molecule has 1 saturated carbocycles. The number of aliphatic imine (C=N–C) groups is 1. The highest BCUT2D eigenvalue weighted by atomic mass is 127. The van der Waals surface area contributed by atoms with Crippen molar-refractivity contribution in [2.24, 2.45) is 4.99 Å². The van der Waals surface area contributed by atoms with Gasteiger partial charge in [-0.3, -0.25) is 4.99 Å². The Balaban J connectivity index is 0.00000312. The van der Waals surface area contributed by atoms with E-state index in [-0.39, 0.29) is 24.0 Å². The van der Waals surface area contributed by atoms with E-state index in [4.69, 9.17) is 16.3 Å². The molecule has 1 aromatic carbocycles. The average molecular weight is 482 g/mol. The molecule has 0 bridgehead atoms. The molecular weight excluding hydrogens is 453 g/mol. The van der Waals surface area contributed by atoms with Crippen LogP contribution < -0.4 is 15.4 Å². The zero-order chi connectivity index (χ0) is 17.4. The van der Waals surface area contributed by atoms with E-state index in [2.05, 4.69) is 15.6 Å². The number of hydrogen-bond acceptors (Lipinski definition) is 3. The van der Waals surface area contributed by atoms with Gasteiger partial charge in [-0.05, 0) is 43.9 Å². The summed E-state index contributed by atoms with van der Waals surface area (Å²) in [6.07, 6.45) is 4.66. The molecule has 5 nitrogen and oxygen atoms in total. The van der Waals surface area contributed by atoms with E-state index >= 15 is 0 Å². The SMILES string of the molecule is CCNC(=NCC1(O)CCCC1)NCCc1ccc(OC)cc1Cl.I. The topological polar surface area (TPSA) is 65.9 Å². The van der Waals surface area contributed by atoms with Crippen LogP contribution >= 0.6 is 35.6 Å². The number of guanidine groups is 1. The van der Waals surface area contributed by atoms with E-state index in [1.165, 1.54) is 0 Å². The summed E-state index contributed by atoms with van der Waals surface area (Å²) in [5.74, 6) is 1.50. The molecular formula is C18H29ClIN3O2. The van der Waals surface area contributed by atoms with Crippen LogP contribution in [-0.4, -0.2) is 43.4 Å². The summed E-state index contributed by atoms with van der Waals surface area (Å²) in [6.45, 7) is 3.98. The molecule has 0 radical (unpaired) electrons. The number of benzene rings is 1. The van der Waals surface area contributed by atoms with Gasteiger partial charge >= 0.3 is 0 Å². The Hall–Kier alpha value is -0.730. The Morgan fingerprint density at radius 3 is 2.64 bits per heavy atom. The van der Waals surface area contributed by atoms with Crippen LogP contribution in [0.4, 0.5) is 0 Å². The van der Waals surface area contributed by atoms with Gasteiger partial charge in [-0.1, -0.05) is 30.5 Å². The minimum Gasteiger partial charge on any atom is -0.497 e. The predicted octanol–water partition coefficient (Wildman–Crippen LogP) is 3.37. The van der Waals surface area contributed by atoms with E-state index in [0.717, 1.165) is 62.5 Å². The third-order valence-corrected chi connectivity index (χ3v) is 4.71. The lowest BCUT2D eigenvalue weighted by Crippen LogP contribution is -2.40. The summed E-state index contributed by atoms with van der Waals surface area (Å²) in [5.41, 5.74) is 0.442. The van der Waals surface area contributed by atoms with Crippen LogP contribution in [0.1, 0.15) is 38.2 Å². The third kappa shape index (κ3) is 7.19. The highest BCUT2D eigenvalue weighted by molar-refractivity contribution is 14.0. The molecule has 0 aromatic heterocycles. The number of aliphatic hydroxyl groups is 1. The molecule has 0 amide bonds. The molecule has 25 heavy (non-hydrogen) atoms. The van der Waals surface area contributed by atoms with Crippen molar-refractivity contribution >= 4 is 41.5 Å². The molecule has 7 heteroatoms. The summed E-state index contributed by atoms with van der Waals surface area (Å²) in [5, 5.41) is 17.6.